The van der Waals surface area contributed by atoms with Crippen molar-refractivity contribution in [3.63, 3.8) is 0 Å². The van der Waals surface area contributed by atoms with Gasteiger partial charge in [-0.2, -0.15) is 0 Å². The predicted molar refractivity (Wildman–Crippen MR) is 68.8 cm³/mol. The molecule has 0 aliphatic carbocycles. The number of nitrogens with zero attached hydrogens (tertiary/aromatic N) is 1. The summed E-state index contributed by atoms with van der Waals surface area (Å²) >= 11 is 0. The summed E-state index contributed by atoms with van der Waals surface area (Å²) in [5.41, 5.74) is 0. The Labute approximate surface area is 104 Å². The second kappa shape index (κ2) is 5.83. The number of amides is 1. The molecule has 0 aromatic rings. The fourth-order valence-corrected chi connectivity index (χ4v) is 2.83. The summed E-state index contributed by atoms with van der Waals surface area (Å²) in [5, 5.41) is 6.56. The average Bonchev–Trinajstić information content (AvgIpc) is 2.32. The van der Waals surface area contributed by atoms with Gasteiger partial charge in [0.25, 0.3) is 0 Å². The highest BCUT2D eigenvalue weighted by atomic mass is 16.2. The van der Waals surface area contributed by atoms with Gasteiger partial charge in [0.05, 0.1) is 5.92 Å². The van der Waals surface area contributed by atoms with Gasteiger partial charge in [0.15, 0.2) is 0 Å². The fourth-order valence-electron chi connectivity index (χ4n) is 2.83. The molecule has 2 aliphatic rings. The van der Waals surface area contributed by atoms with Gasteiger partial charge in [-0.05, 0) is 51.9 Å². The monoisotopic (exact) mass is 239 g/mol. The number of carbonyl (C=O) groups excluding carboxylic acids is 1. The second-order valence-corrected chi connectivity index (χ2v) is 5.78. The summed E-state index contributed by atoms with van der Waals surface area (Å²) in [4.78, 5) is 14.5. The van der Waals surface area contributed by atoms with Gasteiger partial charge in [-0.3, -0.25) is 4.79 Å². The molecule has 2 fully saturated rings. The zero-order valence-electron chi connectivity index (χ0n) is 11.0. The van der Waals surface area contributed by atoms with Crippen molar-refractivity contribution in [1.82, 2.24) is 15.5 Å². The Balaban J connectivity index is 1.76. The van der Waals surface area contributed by atoms with Crippen LogP contribution in [0.1, 0.15) is 26.2 Å². The van der Waals surface area contributed by atoms with E-state index in [9.17, 15) is 4.79 Å². The van der Waals surface area contributed by atoms with E-state index in [0.717, 1.165) is 45.4 Å². The van der Waals surface area contributed by atoms with E-state index in [1.165, 1.54) is 0 Å². The third-order valence-electron chi connectivity index (χ3n) is 4.01. The van der Waals surface area contributed by atoms with E-state index in [2.05, 4.69) is 29.5 Å². The first-order valence-electron chi connectivity index (χ1n) is 6.85. The van der Waals surface area contributed by atoms with Crippen molar-refractivity contribution < 1.29 is 4.79 Å². The molecule has 2 rings (SSSR count). The van der Waals surface area contributed by atoms with Gasteiger partial charge in [0, 0.05) is 12.6 Å². The number of carbonyl (C=O) groups is 1. The van der Waals surface area contributed by atoms with Crippen molar-refractivity contribution in [3.05, 3.63) is 0 Å². The van der Waals surface area contributed by atoms with E-state index in [0.29, 0.717) is 12.0 Å². The molecule has 0 radical (unpaired) electrons. The average molecular weight is 239 g/mol. The minimum atomic E-state index is 0.179. The maximum Gasteiger partial charge on any atom is 0.224 e. The van der Waals surface area contributed by atoms with E-state index in [1.807, 2.05) is 0 Å². The minimum absolute atomic E-state index is 0.179. The number of likely N-dealkylation sites (tertiary alicyclic amines) is 1. The quantitative estimate of drug-likeness (QED) is 0.735. The molecule has 4 heteroatoms. The van der Waals surface area contributed by atoms with Crippen LogP contribution in [0.5, 0.6) is 0 Å². The molecule has 17 heavy (non-hydrogen) atoms. The van der Waals surface area contributed by atoms with Crippen LogP contribution in [-0.2, 0) is 4.79 Å². The Morgan fingerprint density at radius 1 is 1.29 bits per heavy atom. The molecule has 2 unspecified atom stereocenters. The molecular weight excluding hydrogens is 214 g/mol. The summed E-state index contributed by atoms with van der Waals surface area (Å²) < 4.78 is 0. The van der Waals surface area contributed by atoms with Crippen LogP contribution in [0.2, 0.25) is 0 Å². The van der Waals surface area contributed by atoms with Crippen molar-refractivity contribution in [2.75, 3.05) is 33.2 Å². The lowest BCUT2D eigenvalue weighted by molar-refractivity contribution is -0.126. The van der Waals surface area contributed by atoms with Gasteiger partial charge in [-0.25, -0.2) is 0 Å². The standard InChI is InChI=1S/C13H25N3O/c1-10-7-11(9-14-8-10)13(17)15-12-3-5-16(2)6-4-12/h10-12,14H,3-9H2,1-2H3,(H,15,17). The van der Waals surface area contributed by atoms with Crippen LogP contribution in [0.3, 0.4) is 0 Å². The van der Waals surface area contributed by atoms with Gasteiger partial charge >= 0.3 is 0 Å². The Morgan fingerprint density at radius 3 is 2.65 bits per heavy atom. The Morgan fingerprint density at radius 2 is 2.00 bits per heavy atom. The maximum atomic E-state index is 12.1. The fraction of sp³-hybridized carbons (Fsp3) is 0.923. The largest absolute Gasteiger partial charge is 0.353 e. The Kier molecular flexibility index (Phi) is 4.40. The molecule has 0 aromatic heterocycles. The number of hydrogen-bond acceptors (Lipinski definition) is 3. The smallest absolute Gasteiger partial charge is 0.224 e. The van der Waals surface area contributed by atoms with Crippen LogP contribution in [0.25, 0.3) is 0 Å². The number of nitrogens with one attached hydrogen (secondary N) is 2. The van der Waals surface area contributed by atoms with Crippen LogP contribution in [0.15, 0.2) is 0 Å². The Hall–Kier alpha value is -0.610. The summed E-state index contributed by atoms with van der Waals surface area (Å²) in [5.74, 6) is 1.06. The molecule has 2 heterocycles. The van der Waals surface area contributed by atoms with Crippen LogP contribution in [0.4, 0.5) is 0 Å². The van der Waals surface area contributed by atoms with Crippen LogP contribution < -0.4 is 10.6 Å². The molecule has 2 saturated heterocycles. The van der Waals surface area contributed by atoms with Crippen LogP contribution in [0, 0.1) is 11.8 Å². The lowest BCUT2D eigenvalue weighted by Gasteiger charge is -2.32. The van der Waals surface area contributed by atoms with Gasteiger partial charge in [-0.15, -0.1) is 0 Å². The normalized spacial score (nSPS) is 32.4. The first kappa shape index (κ1) is 12.8. The SMILES string of the molecule is CC1CNCC(C(=O)NC2CCN(C)CC2)C1. The number of hydrogen-bond donors (Lipinski definition) is 2. The predicted octanol–water partition coefficient (Wildman–Crippen LogP) is 0.442. The molecular formula is C13H25N3O. The van der Waals surface area contributed by atoms with Crippen LogP contribution >= 0.6 is 0 Å². The lowest BCUT2D eigenvalue weighted by Crippen LogP contribution is -2.49. The summed E-state index contributed by atoms with van der Waals surface area (Å²) in [6.07, 6.45) is 3.22. The van der Waals surface area contributed by atoms with Crippen molar-refractivity contribution in [2.24, 2.45) is 11.8 Å². The molecule has 0 bridgehead atoms. The van der Waals surface area contributed by atoms with Gasteiger partial charge in [0.1, 0.15) is 0 Å². The zero-order chi connectivity index (χ0) is 12.3. The highest BCUT2D eigenvalue weighted by Crippen LogP contribution is 2.17. The van der Waals surface area contributed by atoms with Gasteiger partial charge < -0.3 is 15.5 Å². The molecule has 0 aromatic carbocycles. The first-order chi connectivity index (χ1) is 8.15. The molecule has 2 atom stereocenters. The van der Waals surface area contributed by atoms with E-state index >= 15 is 0 Å². The zero-order valence-corrected chi connectivity index (χ0v) is 11.0. The van der Waals surface area contributed by atoms with E-state index in [1.54, 1.807) is 0 Å². The van der Waals surface area contributed by atoms with Crippen molar-refractivity contribution in [3.8, 4) is 0 Å². The van der Waals surface area contributed by atoms with Crippen molar-refractivity contribution in [2.45, 2.75) is 32.2 Å². The minimum Gasteiger partial charge on any atom is -0.353 e. The topological polar surface area (TPSA) is 44.4 Å². The maximum absolute atomic E-state index is 12.1. The van der Waals surface area contributed by atoms with E-state index in [-0.39, 0.29) is 11.8 Å². The third kappa shape index (κ3) is 3.68. The van der Waals surface area contributed by atoms with Gasteiger partial charge in [-0.1, -0.05) is 6.92 Å². The summed E-state index contributed by atoms with van der Waals surface area (Å²) in [7, 11) is 2.14. The highest BCUT2D eigenvalue weighted by molar-refractivity contribution is 5.79. The third-order valence-corrected chi connectivity index (χ3v) is 4.01. The summed E-state index contributed by atoms with van der Waals surface area (Å²) in [6.45, 7) is 6.32. The van der Waals surface area contributed by atoms with Gasteiger partial charge in [0.2, 0.25) is 5.91 Å². The highest BCUT2D eigenvalue weighted by Gasteiger charge is 2.27. The van der Waals surface area contributed by atoms with Crippen molar-refractivity contribution in [1.29, 1.82) is 0 Å². The Bertz CT molecular complexity index is 261. The molecule has 0 saturated carbocycles. The lowest BCUT2D eigenvalue weighted by atomic mass is 9.90. The molecule has 4 nitrogen and oxygen atoms in total. The van der Waals surface area contributed by atoms with Crippen LogP contribution in [-0.4, -0.2) is 50.1 Å². The molecule has 0 spiro atoms. The number of piperidine rings is 2. The van der Waals surface area contributed by atoms with E-state index < -0.39 is 0 Å². The number of rotatable bonds is 2. The molecule has 98 valence electrons. The molecule has 2 aliphatic heterocycles. The second-order valence-electron chi connectivity index (χ2n) is 5.78. The van der Waals surface area contributed by atoms with Crippen molar-refractivity contribution >= 4 is 5.91 Å². The molecule has 1 amide bonds. The molecule has 2 N–H and O–H groups in total. The van der Waals surface area contributed by atoms with E-state index in [4.69, 9.17) is 0 Å². The summed E-state index contributed by atoms with van der Waals surface area (Å²) in [6, 6.07) is 0.399. The first-order valence-corrected chi connectivity index (χ1v) is 6.85.